The number of urea groups is 1. The van der Waals surface area contributed by atoms with Gasteiger partial charge in [0.05, 0.1) is 0 Å². The summed E-state index contributed by atoms with van der Waals surface area (Å²) in [5.74, 6) is 0.226. The van der Waals surface area contributed by atoms with Crippen LogP contribution in [0.5, 0.6) is 0 Å². The Morgan fingerprint density at radius 2 is 1.71 bits per heavy atom. The van der Waals surface area contributed by atoms with E-state index in [9.17, 15) is 9.59 Å². The number of anilines is 1. The minimum Gasteiger partial charge on any atom is -0.351 e. The van der Waals surface area contributed by atoms with E-state index in [-0.39, 0.29) is 17.9 Å². The molecule has 4 rings (SSSR count). The Morgan fingerprint density at radius 1 is 0.943 bits per heavy atom. The lowest BCUT2D eigenvalue weighted by Crippen LogP contribution is -2.41. The van der Waals surface area contributed by atoms with Crippen molar-refractivity contribution in [3.8, 4) is 0 Å². The molecule has 0 radical (unpaired) electrons. The van der Waals surface area contributed by atoms with Crippen molar-refractivity contribution in [2.45, 2.75) is 57.8 Å². The van der Waals surface area contributed by atoms with Crippen LogP contribution in [0.1, 0.15) is 72.9 Å². The van der Waals surface area contributed by atoms with Gasteiger partial charge in [-0.3, -0.25) is 4.79 Å². The minimum atomic E-state index is -0.0543. The Bertz CT molecular complexity index is 967. The highest BCUT2D eigenvalue weighted by atomic mass is 16.2. The van der Waals surface area contributed by atoms with Crippen molar-refractivity contribution in [2.24, 2.45) is 0 Å². The summed E-state index contributed by atoms with van der Waals surface area (Å²) >= 11 is 0. The van der Waals surface area contributed by atoms with Gasteiger partial charge in [0.2, 0.25) is 0 Å². The molecule has 0 unspecified atom stereocenters. The molecule has 2 aliphatic heterocycles. The second-order valence-electron chi connectivity index (χ2n) is 9.90. The number of nitrogens with zero attached hydrogens (tertiary/aromatic N) is 2. The standard InChI is InChI=1S/C29H40N4O2/c1-2-23-12-14-27(15-13-23)31-29(35)33-19-8-11-26(22-33)24-9-7-10-25(21-24)28(34)30-16-20-32-17-5-3-4-6-18-32/h7,9-10,12-15,21,26H,2-6,8,11,16-20,22H2,1H3,(H,30,34)(H,31,35)/t26-/m0/s1. The number of carbonyl (C=O) groups excluding carboxylic acids is 2. The third kappa shape index (κ3) is 7.31. The van der Waals surface area contributed by atoms with E-state index in [2.05, 4.69) is 40.7 Å². The molecule has 2 aromatic rings. The predicted molar refractivity (Wildman–Crippen MR) is 142 cm³/mol. The molecule has 2 fully saturated rings. The fourth-order valence-corrected chi connectivity index (χ4v) is 5.18. The average molecular weight is 477 g/mol. The molecular weight excluding hydrogens is 436 g/mol. The van der Waals surface area contributed by atoms with Crippen molar-refractivity contribution in [1.82, 2.24) is 15.1 Å². The maximum absolute atomic E-state index is 12.9. The Hall–Kier alpha value is -2.86. The van der Waals surface area contributed by atoms with Crippen molar-refractivity contribution in [2.75, 3.05) is 44.6 Å². The summed E-state index contributed by atoms with van der Waals surface area (Å²) in [6, 6.07) is 15.9. The third-order valence-corrected chi connectivity index (χ3v) is 7.35. The molecule has 6 nitrogen and oxygen atoms in total. The lowest BCUT2D eigenvalue weighted by atomic mass is 9.89. The maximum Gasteiger partial charge on any atom is 0.321 e. The van der Waals surface area contributed by atoms with Gasteiger partial charge in [0.15, 0.2) is 0 Å². The van der Waals surface area contributed by atoms with E-state index in [1.165, 1.54) is 31.2 Å². The number of benzene rings is 2. The molecule has 0 aromatic heterocycles. The highest BCUT2D eigenvalue weighted by Gasteiger charge is 2.25. The van der Waals surface area contributed by atoms with E-state index in [4.69, 9.17) is 0 Å². The Morgan fingerprint density at radius 3 is 2.46 bits per heavy atom. The molecular formula is C29H40N4O2. The summed E-state index contributed by atoms with van der Waals surface area (Å²) in [5.41, 5.74) is 3.92. The molecule has 0 aliphatic carbocycles. The number of hydrogen-bond donors (Lipinski definition) is 2. The first-order valence-corrected chi connectivity index (χ1v) is 13.4. The Labute approximate surface area is 210 Å². The van der Waals surface area contributed by atoms with Crippen LogP contribution in [0.2, 0.25) is 0 Å². The lowest BCUT2D eigenvalue weighted by Gasteiger charge is -2.33. The number of hydrogen-bond acceptors (Lipinski definition) is 3. The van der Waals surface area contributed by atoms with Crippen molar-refractivity contribution >= 4 is 17.6 Å². The van der Waals surface area contributed by atoms with Gasteiger partial charge in [-0.15, -0.1) is 0 Å². The number of rotatable bonds is 7. The smallest absolute Gasteiger partial charge is 0.321 e. The zero-order valence-corrected chi connectivity index (χ0v) is 21.1. The van der Waals surface area contributed by atoms with E-state index in [0.717, 1.165) is 56.7 Å². The van der Waals surface area contributed by atoms with Gasteiger partial charge in [-0.2, -0.15) is 0 Å². The van der Waals surface area contributed by atoms with Crippen molar-refractivity contribution in [3.63, 3.8) is 0 Å². The highest BCUT2D eigenvalue weighted by Crippen LogP contribution is 2.28. The summed E-state index contributed by atoms with van der Waals surface area (Å²) in [5, 5.41) is 6.14. The number of aryl methyl sites for hydroxylation is 1. The fraction of sp³-hybridized carbons (Fsp3) is 0.517. The van der Waals surface area contributed by atoms with E-state index >= 15 is 0 Å². The van der Waals surface area contributed by atoms with Crippen LogP contribution in [0.3, 0.4) is 0 Å². The molecule has 2 aromatic carbocycles. The van der Waals surface area contributed by atoms with Crippen LogP contribution < -0.4 is 10.6 Å². The molecule has 0 bridgehead atoms. The molecule has 2 aliphatic rings. The van der Waals surface area contributed by atoms with Gasteiger partial charge in [0.1, 0.15) is 0 Å². The molecule has 3 amide bonds. The van der Waals surface area contributed by atoms with Gasteiger partial charge >= 0.3 is 6.03 Å². The van der Waals surface area contributed by atoms with Crippen molar-refractivity contribution in [3.05, 3.63) is 65.2 Å². The first-order chi connectivity index (χ1) is 17.1. The zero-order chi connectivity index (χ0) is 24.5. The number of amides is 3. The first-order valence-electron chi connectivity index (χ1n) is 13.4. The third-order valence-electron chi connectivity index (χ3n) is 7.35. The molecule has 6 heteroatoms. The summed E-state index contributed by atoms with van der Waals surface area (Å²) in [7, 11) is 0. The van der Waals surface area contributed by atoms with Crippen LogP contribution in [-0.4, -0.2) is 61.0 Å². The van der Waals surface area contributed by atoms with E-state index in [1.807, 2.05) is 35.2 Å². The van der Waals surface area contributed by atoms with E-state index in [1.54, 1.807) is 0 Å². The molecule has 0 saturated carbocycles. The van der Waals surface area contributed by atoms with Gasteiger partial charge in [-0.05, 0) is 80.6 Å². The Balaban J connectivity index is 1.30. The van der Waals surface area contributed by atoms with E-state index in [0.29, 0.717) is 18.7 Å². The molecule has 2 heterocycles. The van der Waals surface area contributed by atoms with Gasteiger partial charge < -0.3 is 20.4 Å². The number of nitrogens with one attached hydrogen (secondary N) is 2. The van der Waals surface area contributed by atoms with Crippen molar-refractivity contribution < 1.29 is 9.59 Å². The fourth-order valence-electron chi connectivity index (χ4n) is 5.18. The molecule has 35 heavy (non-hydrogen) atoms. The topological polar surface area (TPSA) is 64.7 Å². The summed E-state index contributed by atoms with van der Waals surface area (Å²) in [6.07, 6.45) is 8.13. The Kier molecular flexibility index (Phi) is 9.18. The van der Waals surface area contributed by atoms with Crippen LogP contribution in [0.4, 0.5) is 10.5 Å². The SMILES string of the molecule is CCc1ccc(NC(=O)N2CCC[C@H](c3cccc(C(=O)NCCN4CCCCCC4)c3)C2)cc1. The number of carbonyl (C=O) groups is 2. The van der Waals surface area contributed by atoms with Gasteiger partial charge in [0.25, 0.3) is 5.91 Å². The monoisotopic (exact) mass is 476 g/mol. The molecule has 0 spiro atoms. The normalized spacial score (nSPS) is 19.1. The average Bonchev–Trinajstić information content (AvgIpc) is 3.18. The second-order valence-corrected chi connectivity index (χ2v) is 9.90. The number of piperidine rings is 1. The van der Waals surface area contributed by atoms with Gasteiger partial charge in [-0.25, -0.2) is 4.79 Å². The summed E-state index contributed by atoms with van der Waals surface area (Å²) in [4.78, 5) is 30.1. The quantitative estimate of drug-likeness (QED) is 0.572. The highest BCUT2D eigenvalue weighted by molar-refractivity contribution is 5.94. The zero-order valence-electron chi connectivity index (χ0n) is 21.1. The van der Waals surface area contributed by atoms with E-state index < -0.39 is 0 Å². The number of likely N-dealkylation sites (tertiary alicyclic amines) is 2. The summed E-state index contributed by atoms with van der Waals surface area (Å²) < 4.78 is 0. The first kappa shape index (κ1) is 25.2. The van der Waals surface area contributed by atoms with Crippen LogP contribution in [0.15, 0.2) is 48.5 Å². The van der Waals surface area contributed by atoms with Crippen molar-refractivity contribution in [1.29, 1.82) is 0 Å². The lowest BCUT2D eigenvalue weighted by molar-refractivity contribution is 0.0948. The van der Waals surface area contributed by atoms with Crippen LogP contribution >= 0.6 is 0 Å². The second kappa shape index (κ2) is 12.7. The molecule has 188 valence electrons. The van der Waals surface area contributed by atoms with Gasteiger partial charge in [0, 0.05) is 43.3 Å². The van der Waals surface area contributed by atoms with Gasteiger partial charge in [-0.1, -0.05) is 44.0 Å². The minimum absolute atomic E-state index is 0.0115. The molecule has 2 N–H and O–H groups in total. The molecule has 1 atom stereocenters. The van der Waals surface area contributed by atoms with Crippen LogP contribution in [0, 0.1) is 0 Å². The van der Waals surface area contributed by atoms with Crippen LogP contribution in [0.25, 0.3) is 0 Å². The maximum atomic E-state index is 12.9. The largest absolute Gasteiger partial charge is 0.351 e. The molecule has 2 saturated heterocycles. The van der Waals surface area contributed by atoms with Crippen LogP contribution in [-0.2, 0) is 6.42 Å². The predicted octanol–water partition coefficient (Wildman–Crippen LogP) is 5.27. The summed E-state index contributed by atoms with van der Waals surface area (Å²) in [6.45, 7) is 7.42.